The molecular weight excluding hydrogens is 645 g/mol. The van der Waals surface area contributed by atoms with Crippen LogP contribution in [0, 0.1) is 41.5 Å². The molecule has 2 aromatic heterocycles. The third-order valence-electron chi connectivity index (χ3n) is 9.99. The van der Waals surface area contributed by atoms with Crippen LogP contribution in [0.1, 0.15) is 33.4 Å². The summed E-state index contributed by atoms with van der Waals surface area (Å²) in [7, 11) is 0. The van der Waals surface area contributed by atoms with Crippen molar-refractivity contribution in [2.24, 2.45) is 0 Å². The van der Waals surface area contributed by atoms with E-state index in [0.717, 1.165) is 44.8 Å². The van der Waals surface area contributed by atoms with E-state index in [1.54, 1.807) is 0 Å². The first-order chi connectivity index (χ1) is 24.7. The molecule has 0 fully saturated rings. The van der Waals surface area contributed by atoms with Gasteiger partial charge in [-0.15, -0.1) is 20.4 Å². The first-order valence-electron chi connectivity index (χ1n) is 17.2. The maximum absolute atomic E-state index is 4.67. The number of rotatable bonds is 4. The quantitative estimate of drug-likeness (QED) is 0.184. The summed E-state index contributed by atoms with van der Waals surface area (Å²) in [6.45, 7) is 12.8. The van der Waals surface area contributed by atoms with Gasteiger partial charge < -0.3 is 9.47 Å². The minimum atomic E-state index is 0.526. The van der Waals surface area contributed by atoms with Gasteiger partial charge in [-0.3, -0.25) is 0 Å². The number of hydrogen-bond acceptors (Lipinski definition) is 6. The van der Waals surface area contributed by atoms with E-state index in [1.165, 1.54) is 54.1 Å². The van der Waals surface area contributed by atoms with Gasteiger partial charge in [-0.25, -0.2) is 0 Å². The average Bonchev–Trinajstić information content (AvgIpc) is 3.43. The van der Waals surface area contributed by atoms with Crippen LogP contribution in [0.5, 0.6) is 0 Å². The molecule has 9 rings (SSSR count). The standard InChI is InChI=1S/C44H36N6S/c1-25-15-17-35-33(19-25)34-20-26(2)16-18-36(34)49(35)31-21-27(3)41(28(4)22-31)43-45-47-44(48-46-43)42-29(5)23-32(24-30(42)6)50-37-11-7-9-13-39(37)51-40-14-10-8-12-38(40)50/h7-24H,1-6H3. The zero-order valence-electron chi connectivity index (χ0n) is 29.5. The van der Waals surface area contributed by atoms with Crippen molar-refractivity contribution in [2.75, 3.05) is 4.90 Å². The highest BCUT2D eigenvalue weighted by atomic mass is 32.2. The van der Waals surface area contributed by atoms with Crippen molar-refractivity contribution in [2.45, 2.75) is 51.3 Å². The van der Waals surface area contributed by atoms with E-state index in [0.29, 0.717) is 11.6 Å². The number of hydrogen-bond donors (Lipinski definition) is 0. The number of para-hydroxylation sites is 2. The first-order valence-corrected chi connectivity index (χ1v) is 18.1. The van der Waals surface area contributed by atoms with Gasteiger partial charge >= 0.3 is 0 Å². The van der Waals surface area contributed by atoms with Gasteiger partial charge in [-0.1, -0.05) is 59.3 Å². The van der Waals surface area contributed by atoms with Crippen LogP contribution in [-0.2, 0) is 0 Å². The largest absolute Gasteiger partial charge is 0.309 e. The predicted molar refractivity (Wildman–Crippen MR) is 210 cm³/mol. The van der Waals surface area contributed by atoms with E-state index in [1.807, 2.05) is 11.8 Å². The summed E-state index contributed by atoms with van der Waals surface area (Å²) < 4.78 is 2.36. The van der Waals surface area contributed by atoms with E-state index >= 15 is 0 Å². The fraction of sp³-hybridized carbons (Fsp3) is 0.136. The molecule has 1 aliphatic heterocycles. The molecule has 0 aliphatic carbocycles. The van der Waals surface area contributed by atoms with E-state index in [2.05, 4.69) is 181 Å². The lowest BCUT2D eigenvalue weighted by Crippen LogP contribution is -2.15. The summed E-state index contributed by atoms with van der Waals surface area (Å²) in [5, 5.41) is 21.2. The summed E-state index contributed by atoms with van der Waals surface area (Å²) in [5.74, 6) is 1.05. The van der Waals surface area contributed by atoms with Gasteiger partial charge in [-0.2, -0.15) is 0 Å². The van der Waals surface area contributed by atoms with Crippen molar-refractivity contribution in [1.82, 2.24) is 25.0 Å². The van der Waals surface area contributed by atoms with Gasteiger partial charge in [0.05, 0.1) is 22.4 Å². The van der Waals surface area contributed by atoms with Crippen molar-refractivity contribution < 1.29 is 0 Å². The second-order valence-electron chi connectivity index (χ2n) is 13.7. The molecule has 3 heterocycles. The molecule has 0 amide bonds. The molecule has 0 saturated heterocycles. The molecule has 7 heteroatoms. The molecule has 6 aromatic carbocycles. The van der Waals surface area contributed by atoms with Crippen LogP contribution in [-0.4, -0.2) is 25.0 Å². The molecule has 0 unspecified atom stereocenters. The highest BCUT2D eigenvalue weighted by molar-refractivity contribution is 7.99. The lowest BCUT2D eigenvalue weighted by Gasteiger charge is -2.33. The minimum Gasteiger partial charge on any atom is -0.309 e. The Balaban J connectivity index is 1.08. The van der Waals surface area contributed by atoms with Gasteiger partial charge in [0.25, 0.3) is 0 Å². The van der Waals surface area contributed by atoms with Crippen molar-refractivity contribution in [1.29, 1.82) is 0 Å². The maximum Gasteiger partial charge on any atom is 0.204 e. The maximum atomic E-state index is 4.67. The zero-order valence-corrected chi connectivity index (χ0v) is 30.3. The molecule has 8 aromatic rings. The number of fused-ring (bicyclic) bond motifs is 5. The number of aromatic nitrogens is 5. The number of anilines is 3. The van der Waals surface area contributed by atoms with Gasteiger partial charge in [-0.05, 0) is 137 Å². The Hall–Kier alpha value is -5.79. The van der Waals surface area contributed by atoms with Gasteiger partial charge in [0.15, 0.2) is 0 Å². The van der Waals surface area contributed by atoms with Crippen molar-refractivity contribution >= 4 is 50.6 Å². The Morgan fingerprint density at radius 2 is 0.863 bits per heavy atom. The van der Waals surface area contributed by atoms with E-state index in [-0.39, 0.29) is 0 Å². The van der Waals surface area contributed by atoms with Crippen LogP contribution in [0.15, 0.2) is 119 Å². The van der Waals surface area contributed by atoms with Gasteiger partial charge in [0.2, 0.25) is 11.6 Å². The van der Waals surface area contributed by atoms with Crippen LogP contribution in [0.25, 0.3) is 50.3 Å². The van der Waals surface area contributed by atoms with Crippen LogP contribution in [0.2, 0.25) is 0 Å². The van der Waals surface area contributed by atoms with Gasteiger partial charge in [0.1, 0.15) is 0 Å². The minimum absolute atomic E-state index is 0.526. The number of aryl methyl sites for hydroxylation is 6. The van der Waals surface area contributed by atoms with E-state index in [9.17, 15) is 0 Å². The van der Waals surface area contributed by atoms with Crippen LogP contribution in [0.4, 0.5) is 17.1 Å². The van der Waals surface area contributed by atoms with Crippen molar-refractivity contribution in [3.63, 3.8) is 0 Å². The molecule has 51 heavy (non-hydrogen) atoms. The second kappa shape index (κ2) is 11.9. The lowest BCUT2D eigenvalue weighted by molar-refractivity contribution is 0.871. The number of benzene rings is 6. The third kappa shape index (κ3) is 5.11. The van der Waals surface area contributed by atoms with Crippen molar-refractivity contribution in [3.8, 4) is 28.5 Å². The summed E-state index contributed by atoms with van der Waals surface area (Å²) in [4.78, 5) is 4.82. The van der Waals surface area contributed by atoms with Crippen LogP contribution in [0.3, 0.4) is 0 Å². The van der Waals surface area contributed by atoms with E-state index in [4.69, 9.17) is 0 Å². The zero-order chi connectivity index (χ0) is 35.0. The smallest absolute Gasteiger partial charge is 0.204 e. The summed E-state index contributed by atoms with van der Waals surface area (Å²) in [5.41, 5.74) is 15.7. The molecule has 0 atom stereocenters. The Bertz CT molecular complexity index is 2540. The van der Waals surface area contributed by atoms with Crippen LogP contribution >= 0.6 is 11.8 Å². The molecule has 0 bridgehead atoms. The Morgan fingerprint density at radius 1 is 0.451 bits per heavy atom. The molecule has 0 spiro atoms. The predicted octanol–water partition coefficient (Wildman–Crippen LogP) is 11.5. The van der Waals surface area contributed by atoms with Crippen LogP contribution < -0.4 is 4.90 Å². The molecule has 0 radical (unpaired) electrons. The normalized spacial score (nSPS) is 12.4. The fourth-order valence-corrected chi connectivity index (χ4v) is 8.84. The fourth-order valence-electron chi connectivity index (χ4n) is 7.79. The topological polar surface area (TPSA) is 59.7 Å². The Labute approximate surface area is 301 Å². The Kier molecular flexibility index (Phi) is 7.30. The Morgan fingerprint density at radius 3 is 1.31 bits per heavy atom. The molecule has 0 N–H and O–H groups in total. The SMILES string of the molecule is Cc1ccc2c(c1)c1cc(C)ccc1n2-c1cc(C)c(-c2nnc(-c3c(C)cc(N4c5ccccc5Sc5ccccc54)cc3C)nn2)c(C)c1. The second-order valence-corrected chi connectivity index (χ2v) is 14.8. The summed E-state index contributed by atoms with van der Waals surface area (Å²) >= 11 is 1.81. The van der Waals surface area contributed by atoms with Crippen molar-refractivity contribution in [3.05, 3.63) is 143 Å². The summed E-state index contributed by atoms with van der Waals surface area (Å²) in [6, 6.07) is 39.4. The molecule has 0 saturated carbocycles. The molecular formula is C44H36N6S. The third-order valence-corrected chi connectivity index (χ3v) is 11.1. The highest BCUT2D eigenvalue weighted by Crippen LogP contribution is 2.51. The summed E-state index contributed by atoms with van der Waals surface area (Å²) in [6.07, 6.45) is 0. The monoisotopic (exact) mass is 680 g/mol. The highest BCUT2D eigenvalue weighted by Gasteiger charge is 2.26. The first kappa shape index (κ1) is 31.2. The average molecular weight is 681 g/mol. The number of nitrogens with zero attached hydrogens (tertiary/aromatic N) is 6. The lowest BCUT2D eigenvalue weighted by atomic mass is 10.00. The molecule has 248 valence electrons. The van der Waals surface area contributed by atoms with Gasteiger partial charge in [0, 0.05) is 43.1 Å². The molecule has 1 aliphatic rings. The van der Waals surface area contributed by atoms with E-state index < -0.39 is 0 Å². The molecule has 6 nitrogen and oxygen atoms in total.